The van der Waals surface area contributed by atoms with Crippen LogP contribution >= 0.6 is 0 Å². The second-order valence-corrected chi connectivity index (χ2v) is 6.43. The molecule has 3 nitrogen and oxygen atoms in total. The number of nitrogens with one attached hydrogen (secondary N) is 1. The quantitative estimate of drug-likeness (QED) is 0.791. The average molecular weight is 278 g/mol. The highest BCUT2D eigenvalue weighted by atomic mass is 16.5. The molecule has 1 N–H and O–H groups in total. The van der Waals surface area contributed by atoms with E-state index in [9.17, 15) is 0 Å². The summed E-state index contributed by atoms with van der Waals surface area (Å²) in [5.74, 6) is 0.930. The molecule has 20 heavy (non-hydrogen) atoms. The van der Waals surface area contributed by atoms with Crippen molar-refractivity contribution >= 4 is 0 Å². The zero-order valence-corrected chi connectivity index (χ0v) is 13.7. The van der Waals surface area contributed by atoms with Gasteiger partial charge in [0.15, 0.2) is 0 Å². The van der Waals surface area contributed by atoms with Gasteiger partial charge < -0.3 is 15.0 Å². The minimum Gasteiger partial charge on any atom is -0.497 e. The van der Waals surface area contributed by atoms with E-state index < -0.39 is 0 Å². The molecule has 0 atom stereocenters. The van der Waals surface area contributed by atoms with E-state index in [0.717, 1.165) is 31.8 Å². The third-order valence-electron chi connectivity index (χ3n) is 3.31. The van der Waals surface area contributed by atoms with Gasteiger partial charge in [-0.1, -0.05) is 12.1 Å². The molecule has 0 aliphatic rings. The van der Waals surface area contributed by atoms with E-state index in [4.69, 9.17) is 4.74 Å². The van der Waals surface area contributed by atoms with E-state index >= 15 is 0 Å². The van der Waals surface area contributed by atoms with Crippen LogP contribution in [-0.4, -0.2) is 44.2 Å². The molecule has 0 aliphatic carbocycles. The van der Waals surface area contributed by atoms with Crippen molar-refractivity contribution in [2.24, 2.45) is 0 Å². The zero-order chi connectivity index (χ0) is 15.0. The van der Waals surface area contributed by atoms with Crippen LogP contribution < -0.4 is 10.1 Å². The number of likely N-dealkylation sites (N-methyl/N-ethyl adjacent to an activating group) is 1. The monoisotopic (exact) mass is 278 g/mol. The van der Waals surface area contributed by atoms with Crippen LogP contribution in [0, 0.1) is 0 Å². The first kappa shape index (κ1) is 17.0. The molecule has 0 unspecified atom stereocenters. The number of rotatable bonds is 8. The van der Waals surface area contributed by atoms with Crippen LogP contribution in [0.3, 0.4) is 0 Å². The lowest BCUT2D eigenvalue weighted by Gasteiger charge is -2.23. The van der Waals surface area contributed by atoms with Gasteiger partial charge in [0.05, 0.1) is 7.11 Å². The molecule has 3 heteroatoms. The van der Waals surface area contributed by atoms with E-state index in [1.807, 2.05) is 12.1 Å². The van der Waals surface area contributed by atoms with Crippen molar-refractivity contribution in [1.82, 2.24) is 10.2 Å². The molecular weight excluding hydrogens is 248 g/mol. The van der Waals surface area contributed by atoms with E-state index in [1.54, 1.807) is 7.11 Å². The fourth-order valence-electron chi connectivity index (χ4n) is 2.08. The van der Waals surface area contributed by atoms with Crippen molar-refractivity contribution < 1.29 is 4.74 Å². The summed E-state index contributed by atoms with van der Waals surface area (Å²) in [6, 6.07) is 8.37. The van der Waals surface area contributed by atoms with Gasteiger partial charge in [0.1, 0.15) is 5.75 Å². The largest absolute Gasteiger partial charge is 0.497 e. The number of benzene rings is 1. The van der Waals surface area contributed by atoms with Crippen molar-refractivity contribution in [3.05, 3.63) is 29.8 Å². The highest BCUT2D eigenvalue weighted by Gasteiger charge is 2.08. The van der Waals surface area contributed by atoms with Crippen molar-refractivity contribution in [1.29, 1.82) is 0 Å². The fourth-order valence-corrected chi connectivity index (χ4v) is 2.08. The van der Waals surface area contributed by atoms with Crippen LogP contribution in [-0.2, 0) is 6.42 Å². The highest BCUT2D eigenvalue weighted by Crippen LogP contribution is 2.12. The summed E-state index contributed by atoms with van der Waals surface area (Å²) in [5.41, 5.74) is 1.59. The Balaban J connectivity index is 2.16. The molecule has 0 amide bonds. The molecule has 0 saturated heterocycles. The number of ether oxygens (including phenoxy) is 1. The van der Waals surface area contributed by atoms with Crippen LogP contribution in [0.25, 0.3) is 0 Å². The first-order chi connectivity index (χ1) is 9.40. The summed E-state index contributed by atoms with van der Waals surface area (Å²) in [7, 11) is 3.90. The topological polar surface area (TPSA) is 24.5 Å². The maximum Gasteiger partial charge on any atom is 0.118 e. The van der Waals surface area contributed by atoms with Crippen LogP contribution in [0.4, 0.5) is 0 Å². The molecular formula is C17H30N2O. The maximum atomic E-state index is 5.17. The number of methoxy groups -OCH3 is 1. The standard InChI is InChI=1S/C17H30N2O/c1-17(2,3)18-12-14-19(4)13-6-7-15-8-10-16(20-5)11-9-15/h8-11,18H,6-7,12-14H2,1-5H3. The Hall–Kier alpha value is -1.06. The maximum absolute atomic E-state index is 5.17. The summed E-state index contributed by atoms with van der Waals surface area (Å²) in [6.07, 6.45) is 2.32. The lowest BCUT2D eigenvalue weighted by molar-refractivity contribution is 0.306. The van der Waals surface area contributed by atoms with E-state index in [1.165, 1.54) is 12.0 Å². The Morgan fingerprint density at radius 1 is 1.10 bits per heavy atom. The molecule has 0 aliphatic heterocycles. The molecule has 1 rings (SSSR count). The van der Waals surface area contributed by atoms with Gasteiger partial charge in [-0.25, -0.2) is 0 Å². The van der Waals surface area contributed by atoms with Crippen LogP contribution in [0.15, 0.2) is 24.3 Å². The molecule has 114 valence electrons. The van der Waals surface area contributed by atoms with Crippen molar-refractivity contribution in [2.45, 2.75) is 39.2 Å². The summed E-state index contributed by atoms with van der Waals surface area (Å²) < 4.78 is 5.17. The minimum absolute atomic E-state index is 0.212. The molecule has 0 bridgehead atoms. The number of hydrogen-bond donors (Lipinski definition) is 1. The SMILES string of the molecule is COc1ccc(CCCN(C)CCNC(C)(C)C)cc1. The summed E-state index contributed by atoms with van der Waals surface area (Å²) in [4.78, 5) is 2.39. The van der Waals surface area contributed by atoms with Gasteiger partial charge in [-0.2, -0.15) is 0 Å². The summed E-state index contributed by atoms with van der Waals surface area (Å²) in [6.45, 7) is 9.89. The molecule has 0 heterocycles. The molecule has 1 aromatic carbocycles. The van der Waals surface area contributed by atoms with Gasteiger partial charge in [0, 0.05) is 18.6 Å². The first-order valence-electron chi connectivity index (χ1n) is 7.47. The molecule has 0 fully saturated rings. The zero-order valence-electron chi connectivity index (χ0n) is 13.7. The normalized spacial score (nSPS) is 11.9. The van der Waals surface area contributed by atoms with E-state index in [-0.39, 0.29) is 5.54 Å². The number of hydrogen-bond acceptors (Lipinski definition) is 3. The van der Waals surface area contributed by atoms with Gasteiger partial charge in [-0.3, -0.25) is 0 Å². The fraction of sp³-hybridized carbons (Fsp3) is 0.647. The Morgan fingerprint density at radius 2 is 1.75 bits per heavy atom. The Morgan fingerprint density at radius 3 is 2.30 bits per heavy atom. The minimum atomic E-state index is 0.212. The van der Waals surface area contributed by atoms with Gasteiger partial charge in [0.2, 0.25) is 0 Å². The number of nitrogens with zero attached hydrogens (tertiary/aromatic N) is 1. The Labute approximate surface area is 124 Å². The second-order valence-electron chi connectivity index (χ2n) is 6.43. The molecule has 0 saturated carbocycles. The summed E-state index contributed by atoms with van der Waals surface area (Å²) >= 11 is 0. The summed E-state index contributed by atoms with van der Waals surface area (Å²) in [5, 5.41) is 3.52. The Kier molecular flexibility index (Phi) is 7.03. The molecule has 0 radical (unpaired) electrons. The van der Waals surface area contributed by atoms with E-state index in [0.29, 0.717) is 0 Å². The van der Waals surface area contributed by atoms with Gasteiger partial charge in [-0.05, 0) is 64.9 Å². The van der Waals surface area contributed by atoms with Crippen molar-refractivity contribution in [2.75, 3.05) is 33.8 Å². The Bertz CT molecular complexity index is 368. The predicted molar refractivity (Wildman–Crippen MR) is 86.6 cm³/mol. The number of aryl methyl sites for hydroxylation is 1. The molecule has 1 aromatic rings. The third kappa shape index (κ3) is 7.51. The smallest absolute Gasteiger partial charge is 0.118 e. The molecule has 0 spiro atoms. The van der Waals surface area contributed by atoms with Gasteiger partial charge in [0.25, 0.3) is 0 Å². The van der Waals surface area contributed by atoms with Crippen molar-refractivity contribution in [3.8, 4) is 5.75 Å². The third-order valence-corrected chi connectivity index (χ3v) is 3.31. The van der Waals surface area contributed by atoms with Crippen LogP contribution in [0.2, 0.25) is 0 Å². The second kappa shape index (κ2) is 8.28. The first-order valence-corrected chi connectivity index (χ1v) is 7.47. The molecule has 0 aromatic heterocycles. The predicted octanol–water partition coefficient (Wildman–Crippen LogP) is 2.95. The lowest BCUT2D eigenvalue weighted by Crippen LogP contribution is -2.40. The van der Waals surface area contributed by atoms with Crippen LogP contribution in [0.5, 0.6) is 5.75 Å². The lowest BCUT2D eigenvalue weighted by atomic mass is 10.1. The van der Waals surface area contributed by atoms with Gasteiger partial charge in [-0.15, -0.1) is 0 Å². The average Bonchev–Trinajstić information content (AvgIpc) is 2.38. The van der Waals surface area contributed by atoms with E-state index in [2.05, 4.69) is 50.2 Å². The highest BCUT2D eigenvalue weighted by molar-refractivity contribution is 5.27. The van der Waals surface area contributed by atoms with Gasteiger partial charge >= 0.3 is 0 Å². The van der Waals surface area contributed by atoms with Crippen LogP contribution in [0.1, 0.15) is 32.8 Å². The van der Waals surface area contributed by atoms with Crippen molar-refractivity contribution in [3.63, 3.8) is 0 Å².